The number of hydrogen-bond donors (Lipinski definition) is 1. The second kappa shape index (κ2) is 2.20. The summed E-state index contributed by atoms with van der Waals surface area (Å²) in [5.41, 5.74) is -0.365. The summed E-state index contributed by atoms with van der Waals surface area (Å²) >= 11 is 0. The minimum atomic E-state index is -0.983. The molecule has 0 spiro atoms. The van der Waals surface area contributed by atoms with Crippen molar-refractivity contribution in [1.29, 1.82) is 0 Å². The molecule has 0 aromatic rings. The molecule has 10 heavy (non-hydrogen) atoms. The Labute approximate surface area is 59.9 Å². The average molecular weight is 142 g/mol. The molecule has 0 bridgehead atoms. The fraction of sp³-hybridized carbons (Fsp3) is 0.500. The number of aliphatic hydroxyl groups is 1. The molecular weight excluding hydrogens is 131 g/mol. The first-order valence-corrected chi connectivity index (χ1v) is 3.28. The van der Waals surface area contributed by atoms with Crippen molar-refractivity contribution in [3.8, 4) is 0 Å². The first kappa shape index (κ1) is 7.48. The maximum Gasteiger partial charge on any atom is 0.106 e. The molecule has 1 aliphatic rings. The van der Waals surface area contributed by atoms with Gasteiger partial charge in [-0.2, -0.15) is 0 Å². The minimum absolute atomic E-state index is 0.106. The zero-order valence-electron chi connectivity index (χ0n) is 6.19. The summed E-state index contributed by atoms with van der Waals surface area (Å²) in [6.45, 7) is 3.29. The van der Waals surface area contributed by atoms with Crippen LogP contribution in [0.25, 0.3) is 0 Å². The van der Waals surface area contributed by atoms with Gasteiger partial charge >= 0.3 is 0 Å². The molecule has 0 saturated heterocycles. The van der Waals surface area contributed by atoms with Gasteiger partial charge in [0.2, 0.25) is 0 Å². The van der Waals surface area contributed by atoms with Crippen molar-refractivity contribution < 1.29 is 9.50 Å². The van der Waals surface area contributed by atoms with Gasteiger partial charge in [0.25, 0.3) is 0 Å². The van der Waals surface area contributed by atoms with E-state index in [-0.39, 0.29) is 12.2 Å². The summed E-state index contributed by atoms with van der Waals surface area (Å²) in [4.78, 5) is 0. The smallest absolute Gasteiger partial charge is 0.106 e. The van der Waals surface area contributed by atoms with Crippen LogP contribution in [0.1, 0.15) is 20.3 Å². The Kier molecular flexibility index (Phi) is 1.65. The van der Waals surface area contributed by atoms with Crippen LogP contribution >= 0.6 is 0 Å². The van der Waals surface area contributed by atoms with Crippen molar-refractivity contribution in [3.05, 3.63) is 23.6 Å². The van der Waals surface area contributed by atoms with E-state index in [0.29, 0.717) is 5.57 Å². The molecule has 2 heteroatoms. The second-order valence-electron chi connectivity index (χ2n) is 2.96. The van der Waals surface area contributed by atoms with Crippen molar-refractivity contribution in [3.63, 3.8) is 0 Å². The summed E-state index contributed by atoms with van der Waals surface area (Å²) in [5, 5.41) is 9.30. The third-order valence-electron chi connectivity index (χ3n) is 1.63. The van der Waals surface area contributed by atoms with E-state index >= 15 is 0 Å². The molecule has 0 aliphatic heterocycles. The normalized spacial score (nSPS) is 33.2. The number of hydrogen-bond acceptors (Lipinski definition) is 1. The predicted molar refractivity (Wildman–Crippen MR) is 38.2 cm³/mol. The van der Waals surface area contributed by atoms with Gasteiger partial charge in [0.1, 0.15) is 5.83 Å². The van der Waals surface area contributed by atoms with Gasteiger partial charge in [-0.1, -0.05) is 12.2 Å². The second-order valence-corrected chi connectivity index (χ2v) is 2.96. The quantitative estimate of drug-likeness (QED) is 0.548. The van der Waals surface area contributed by atoms with Crippen LogP contribution in [0.5, 0.6) is 0 Å². The minimum Gasteiger partial charge on any atom is -0.386 e. The fourth-order valence-electron chi connectivity index (χ4n) is 0.908. The van der Waals surface area contributed by atoms with Crippen LogP contribution in [0.3, 0.4) is 0 Å². The molecule has 0 saturated carbocycles. The standard InChI is InChI=1S/C8H11FO/c1-6-3-4-8(2,10)5-7(6)9/h3-4,10H,5H2,1-2H3. The average Bonchev–Trinajstić information content (AvgIpc) is 1.79. The van der Waals surface area contributed by atoms with Gasteiger partial charge in [0.15, 0.2) is 0 Å². The molecule has 0 heterocycles. The lowest BCUT2D eigenvalue weighted by Gasteiger charge is -2.21. The van der Waals surface area contributed by atoms with E-state index < -0.39 is 5.60 Å². The summed E-state index contributed by atoms with van der Waals surface area (Å²) in [6, 6.07) is 0. The molecule has 0 fully saturated rings. The van der Waals surface area contributed by atoms with Crippen molar-refractivity contribution in [2.45, 2.75) is 25.9 Å². The van der Waals surface area contributed by atoms with Gasteiger partial charge < -0.3 is 5.11 Å². The molecule has 0 radical (unpaired) electrons. The van der Waals surface area contributed by atoms with Crippen molar-refractivity contribution >= 4 is 0 Å². The molecule has 1 unspecified atom stereocenters. The summed E-state index contributed by atoms with van der Waals surface area (Å²) in [7, 11) is 0. The fourth-order valence-corrected chi connectivity index (χ4v) is 0.908. The zero-order chi connectivity index (χ0) is 7.78. The predicted octanol–water partition coefficient (Wildman–Crippen LogP) is 1.94. The van der Waals surface area contributed by atoms with Gasteiger partial charge in [0.05, 0.1) is 5.60 Å². The third kappa shape index (κ3) is 1.45. The van der Waals surface area contributed by atoms with Crippen molar-refractivity contribution in [1.82, 2.24) is 0 Å². The summed E-state index contributed by atoms with van der Waals surface area (Å²) in [5.74, 6) is -0.215. The lowest BCUT2D eigenvalue weighted by Crippen LogP contribution is -2.23. The van der Waals surface area contributed by atoms with Gasteiger partial charge in [-0.05, 0) is 19.4 Å². The molecule has 1 aliphatic carbocycles. The molecule has 0 aromatic carbocycles. The van der Waals surface area contributed by atoms with E-state index in [4.69, 9.17) is 0 Å². The third-order valence-corrected chi connectivity index (χ3v) is 1.63. The van der Waals surface area contributed by atoms with E-state index in [9.17, 15) is 9.50 Å². The Morgan fingerprint density at radius 1 is 1.70 bits per heavy atom. The Morgan fingerprint density at radius 3 is 2.70 bits per heavy atom. The van der Waals surface area contributed by atoms with E-state index in [0.717, 1.165) is 0 Å². The van der Waals surface area contributed by atoms with E-state index in [1.807, 2.05) is 0 Å². The highest BCUT2D eigenvalue weighted by Gasteiger charge is 2.22. The van der Waals surface area contributed by atoms with Crippen molar-refractivity contribution in [2.24, 2.45) is 0 Å². The summed E-state index contributed by atoms with van der Waals surface area (Å²) in [6.07, 6.45) is 3.33. The lowest BCUT2D eigenvalue weighted by molar-refractivity contribution is 0.103. The van der Waals surface area contributed by atoms with Gasteiger partial charge in [0, 0.05) is 6.42 Å². The topological polar surface area (TPSA) is 20.2 Å². The molecule has 0 amide bonds. The van der Waals surface area contributed by atoms with Crippen LogP contribution in [0, 0.1) is 0 Å². The highest BCUT2D eigenvalue weighted by atomic mass is 19.1. The first-order valence-electron chi connectivity index (χ1n) is 3.28. The molecule has 1 N–H and O–H groups in total. The Balaban J connectivity index is 2.85. The maximum atomic E-state index is 12.7. The van der Waals surface area contributed by atoms with Crippen LogP contribution in [-0.2, 0) is 0 Å². The number of allylic oxidation sites excluding steroid dienone is 2. The van der Waals surface area contributed by atoms with Crippen LogP contribution in [0.15, 0.2) is 23.6 Å². The zero-order valence-corrected chi connectivity index (χ0v) is 6.19. The maximum absolute atomic E-state index is 12.7. The first-order chi connectivity index (χ1) is 4.51. The van der Waals surface area contributed by atoms with Gasteiger partial charge in [-0.25, -0.2) is 4.39 Å². The molecular formula is C8H11FO. The Bertz CT molecular complexity index is 201. The molecule has 1 rings (SSSR count). The monoisotopic (exact) mass is 142 g/mol. The molecule has 0 aromatic heterocycles. The summed E-state index contributed by atoms with van der Waals surface area (Å²) < 4.78 is 12.7. The van der Waals surface area contributed by atoms with Gasteiger partial charge in [-0.3, -0.25) is 0 Å². The van der Waals surface area contributed by atoms with Gasteiger partial charge in [-0.15, -0.1) is 0 Å². The van der Waals surface area contributed by atoms with Crippen LogP contribution in [0.4, 0.5) is 4.39 Å². The van der Waals surface area contributed by atoms with Crippen LogP contribution in [-0.4, -0.2) is 10.7 Å². The lowest BCUT2D eigenvalue weighted by atomic mass is 9.94. The SMILES string of the molecule is CC1=C(F)CC(C)(O)C=C1. The van der Waals surface area contributed by atoms with Crippen LogP contribution in [0.2, 0.25) is 0 Å². The highest BCUT2D eigenvalue weighted by molar-refractivity contribution is 5.28. The van der Waals surface area contributed by atoms with E-state index in [2.05, 4.69) is 0 Å². The van der Waals surface area contributed by atoms with E-state index in [1.54, 1.807) is 26.0 Å². The van der Waals surface area contributed by atoms with E-state index in [1.165, 1.54) is 0 Å². The highest BCUT2D eigenvalue weighted by Crippen LogP contribution is 2.26. The van der Waals surface area contributed by atoms with Crippen molar-refractivity contribution in [2.75, 3.05) is 0 Å². The molecule has 1 nitrogen and oxygen atoms in total. The number of halogens is 1. The number of rotatable bonds is 0. The largest absolute Gasteiger partial charge is 0.386 e. The van der Waals surface area contributed by atoms with Crippen LogP contribution < -0.4 is 0 Å². The molecule has 1 atom stereocenters. The Morgan fingerprint density at radius 2 is 2.30 bits per heavy atom. The molecule has 56 valence electrons. The Hall–Kier alpha value is -0.630.